The van der Waals surface area contributed by atoms with Crippen LogP contribution in [0.1, 0.15) is 23.5 Å². The molecule has 0 saturated carbocycles. The van der Waals surface area contributed by atoms with E-state index in [2.05, 4.69) is 35.6 Å². The standard InChI is InChI=1S/C20H27NO3/c1-23-19-8-9-20(24-2)18(15-19)14-17(10-11-21-12-13-22)16-6-4-3-5-7-16/h3-9,15,17,21-22H,10-14H2,1-2H3/t17-/m0/s1. The Morgan fingerprint density at radius 1 is 1.00 bits per heavy atom. The van der Waals surface area contributed by atoms with Gasteiger partial charge in [-0.15, -0.1) is 0 Å². The molecule has 0 unspecified atom stereocenters. The van der Waals surface area contributed by atoms with Crippen molar-refractivity contribution >= 4 is 0 Å². The van der Waals surface area contributed by atoms with Crippen LogP contribution in [0.25, 0.3) is 0 Å². The number of rotatable bonds is 10. The van der Waals surface area contributed by atoms with E-state index < -0.39 is 0 Å². The van der Waals surface area contributed by atoms with Crippen molar-refractivity contribution in [1.82, 2.24) is 5.32 Å². The predicted molar refractivity (Wildman–Crippen MR) is 97.0 cm³/mol. The number of benzene rings is 2. The summed E-state index contributed by atoms with van der Waals surface area (Å²) < 4.78 is 10.9. The van der Waals surface area contributed by atoms with Crippen molar-refractivity contribution in [2.75, 3.05) is 33.9 Å². The molecule has 0 fully saturated rings. The van der Waals surface area contributed by atoms with Gasteiger partial charge in [0, 0.05) is 6.54 Å². The van der Waals surface area contributed by atoms with E-state index in [0.717, 1.165) is 36.4 Å². The fourth-order valence-corrected chi connectivity index (χ4v) is 2.90. The summed E-state index contributed by atoms with van der Waals surface area (Å²) in [6, 6.07) is 16.5. The highest BCUT2D eigenvalue weighted by Gasteiger charge is 2.15. The first kappa shape index (κ1) is 18.3. The second-order valence-corrected chi connectivity index (χ2v) is 5.75. The Morgan fingerprint density at radius 2 is 1.79 bits per heavy atom. The second kappa shape index (κ2) is 9.96. The number of ether oxygens (including phenoxy) is 2. The molecule has 4 nitrogen and oxygen atoms in total. The smallest absolute Gasteiger partial charge is 0.122 e. The zero-order valence-corrected chi connectivity index (χ0v) is 14.5. The zero-order chi connectivity index (χ0) is 17.2. The van der Waals surface area contributed by atoms with Gasteiger partial charge in [-0.1, -0.05) is 30.3 Å². The van der Waals surface area contributed by atoms with Crippen molar-refractivity contribution in [3.8, 4) is 11.5 Å². The first-order chi connectivity index (χ1) is 11.8. The summed E-state index contributed by atoms with van der Waals surface area (Å²) in [4.78, 5) is 0. The van der Waals surface area contributed by atoms with Gasteiger partial charge in [0.05, 0.1) is 20.8 Å². The van der Waals surface area contributed by atoms with Crippen molar-refractivity contribution in [2.24, 2.45) is 0 Å². The van der Waals surface area contributed by atoms with Gasteiger partial charge in [0.2, 0.25) is 0 Å². The van der Waals surface area contributed by atoms with E-state index in [1.165, 1.54) is 5.56 Å². The zero-order valence-electron chi connectivity index (χ0n) is 14.5. The maximum atomic E-state index is 8.92. The first-order valence-corrected chi connectivity index (χ1v) is 8.36. The number of aliphatic hydroxyl groups excluding tert-OH is 1. The van der Waals surface area contributed by atoms with Crippen molar-refractivity contribution < 1.29 is 14.6 Å². The van der Waals surface area contributed by atoms with Gasteiger partial charge in [0.15, 0.2) is 0 Å². The van der Waals surface area contributed by atoms with Gasteiger partial charge in [-0.05, 0) is 54.6 Å². The van der Waals surface area contributed by atoms with E-state index in [-0.39, 0.29) is 6.61 Å². The van der Waals surface area contributed by atoms with Crippen molar-refractivity contribution in [3.63, 3.8) is 0 Å². The van der Waals surface area contributed by atoms with Gasteiger partial charge in [-0.3, -0.25) is 0 Å². The molecule has 0 saturated heterocycles. The molecule has 1 atom stereocenters. The molecule has 0 radical (unpaired) electrons. The number of methoxy groups -OCH3 is 2. The lowest BCUT2D eigenvalue weighted by Crippen LogP contribution is -2.21. The van der Waals surface area contributed by atoms with Crippen molar-refractivity contribution in [3.05, 3.63) is 59.7 Å². The van der Waals surface area contributed by atoms with Crippen LogP contribution in [-0.4, -0.2) is 39.0 Å². The third-order valence-corrected chi connectivity index (χ3v) is 4.18. The summed E-state index contributed by atoms with van der Waals surface area (Å²) in [5.74, 6) is 2.11. The molecule has 0 aliphatic rings. The topological polar surface area (TPSA) is 50.7 Å². The highest BCUT2D eigenvalue weighted by molar-refractivity contribution is 5.41. The minimum Gasteiger partial charge on any atom is -0.497 e. The molecular formula is C20H27NO3. The lowest BCUT2D eigenvalue weighted by molar-refractivity contribution is 0.291. The quantitative estimate of drug-likeness (QED) is 0.658. The van der Waals surface area contributed by atoms with Crippen LogP contribution in [0.3, 0.4) is 0 Å². The second-order valence-electron chi connectivity index (χ2n) is 5.75. The van der Waals surface area contributed by atoms with Crippen LogP contribution in [0.2, 0.25) is 0 Å². The predicted octanol–water partition coefficient (Wildman–Crippen LogP) is 3.00. The summed E-state index contributed by atoms with van der Waals surface area (Å²) in [5.41, 5.74) is 2.46. The average molecular weight is 329 g/mol. The Labute approximate surface area is 144 Å². The minimum atomic E-state index is 0.166. The number of hydrogen-bond acceptors (Lipinski definition) is 4. The van der Waals surface area contributed by atoms with E-state index in [9.17, 15) is 0 Å². The molecule has 2 aromatic carbocycles. The maximum absolute atomic E-state index is 8.92. The molecule has 0 aliphatic heterocycles. The Bertz CT molecular complexity index is 601. The van der Waals surface area contributed by atoms with E-state index in [4.69, 9.17) is 14.6 Å². The third kappa shape index (κ3) is 5.25. The summed E-state index contributed by atoms with van der Waals surface area (Å²) >= 11 is 0. The highest BCUT2D eigenvalue weighted by Crippen LogP contribution is 2.31. The Balaban J connectivity index is 2.18. The fourth-order valence-electron chi connectivity index (χ4n) is 2.90. The molecule has 0 aromatic heterocycles. The van der Waals surface area contributed by atoms with Crippen molar-refractivity contribution in [2.45, 2.75) is 18.8 Å². The Hall–Kier alpha value is -2.04. The molecule has 2 aromatic rings. The molecule has 2 N–H and O–H groups in total. The van der Waals surface area contributed by atoms with E-state index in [1.54, 1.807) is 14.2 Å². The monoisotopic (exact) mass is 329 g/mol. The van der Waals surface area contributed by atoms with Gasteiger partial charge in [0.25, 0.3) is 0 Å². The van der Waals surface area contributed by atoms with Gasteiger partial charge < -0.3 is 19.9 Å². The maximum Gasteiger partial charge on any atom is 0.122 e. The van der Waals surface area contributed by atoms with Crippen LogP contribution in [-0.2, 0) is 6.42 Å². The van der Waals surface area contributed by atoms with Crippen LogP contribution in [0.4, 0.5) is 0 Å². The molecule has 0 aliphatic carbocycles. The molecule has 4 heteroatoms. The molecule has 0 spiro atoms. The van der Waals surface area contributed by atoms with E-state index >= 15 is 0 Å². The van der Waals surface area contributed by atoms with Gasteiger partial charge in [0.1, 0.15) is 11.5 Å². The number of aliphatic hydroxyl groups is 1. The first-order valence-electron chi connectivity index (χ1n) is 8.36. The van der Waals surface area contributed by atoms with E-state index in [1.807, 2.05) is 18.2 Å². The highest BCUT2D eigenvalue weighted by atomic mass is 16.5. The van der Waals surface area contributed by atoms with Crippen LogP contribution in [0, 0.1) is 0 Å². The molecule has 0 bridgehead atoms. The number of hydrogen-bond donors (Lipinski definition) is 2. The fraction of sp³-hybridized carbons (Fsp3) is 0.400. The Kier molecular flexibility index (Phi) is 7.59. The third-order valence-electron chi connectivity index (χ3n) is 4.18. The van der Waals surface area contributed by atoms with Crippen LogP contribution < -0.4 is 14.8 Å². The van der Waals surface area contributed by atoms with Crippen molar-refractivity contribution in [1.29, 1.82) is 0 Å². The summed E-state index contributed by atoms with van der Waals surface area (Å²) in [7, 11) is 3.38. The minimum absolute atomic E-state index is 0.166. The summed E-state index contributed by atoms with van der Waals surface area (Å²) in [6.45, 7) is 1.66. The van der Waals surface area contributed by atoms with Crippen LogP contribution >= 0.6 is 0 Å². The van der Waals surface area contributed by atoms with E-state index in [0.29, 0.717) is 12.5 Å². The Morgan fingerprint density at radius 3 is 2.46 bits per heavy atom. The molecule has 24 heavy (non-hydrogen) atoms. The lowest BCUT2D eigenvalue weighted by Gasteiger charge is -2.20. The van der Waals surface area contributed by atoms with Gasteiger partial charge in [-0.25, -0.2) is 0 Å². The van der Waals surface area contributed by atoms with Crippen LogP contribution in [0.15, 0.2) is 48.5 Å². The lowest BCUT2D eigenvalue weighted by atomic mass is 9.89. The molecule has 2 rings (SSSR count). The SMILES string of the molecule is COc1ccc(OC)c(C[C@H](CCNCCO)c2ccccc2)c1. The summed E-state index contributed by atoms with van der Waals surface area (Å²) in [5, 5.41) is 12.2. The molecule has 0 heterocycles. The number of nitrogens with one attached hydrogen (secondary N) is 1. The largest absolute Gasteiger partial charge is 0.497 e. The normalized spacial score (nSPS) is 12.0. The molecular weight excluding hydrogens is 302 g/mol. The molecule has 0 amide bonds. The van der Waals surface area contributed by atoms with Gasteiger partial charge in [-0.2, -0.15) is 0 Å². The summed E-state index contributed by atoms with van der Waals surface area (Å²) in [6.07, 6.45) is 1.87. The van der Waals surface area contributed by atoms with Crippen LogP contribution in [0.5, 0.6) is 11.5 Å². The molecule has 130 valence electrons. The average Bonchev–Trinajstić information content (AvgIpc) is 2.64. The van der Waals surface area contributed by atoms with Gasteiger partial charge >= 0.3 is 0 Å².